The number of carbonyl (C=O) groups excluding carboxylic acids is 3. The molecule has 5 aromatic rings. The van der Waals surface area contributed by atoms with Crippen LogP contribution in [0.15, 0.2) is 102 Å². The molecule has 0 fully saturated rings. The molecule has 0 saturated carbocycles. The molecule has 11 nitrogen and oxygen atoms in total. The zero-order chi connectivity index (χ0) is 34.6. The topological polar surface area (TPSA) is 160 Å². The van der Waals surface area contributed by atoms with Crippen LogP contribution < -0.4 is 5.73 Å². The Morgan fingerprint density at radius 3 is 2.29 bits per heavy atom. The predicted molar refractivity (Wildman–Crippen MR) is 183 cm³/mol. The molecule has 2 atom stereocenters. The van der Waals surface area contributed by atoms with Crippen molar-refractivity contribution in [1.82, 2.24) is 19.3 Å². The number of nitrogens with two attached hydrogens (primary N) is 1. The molecule has 3 N–H and O–H groups in total. The third-order valence-electron chi connectivity index (χ3n) is 8.19. The van der Waals surface area contributed by atoms with Gasteiger partial charge < -0.3 is 20.1 Å². The highest BCUT2D eigenvalue weighted by atomic mass is 32.2. The fourth-order valence-electron chi connectivity index (χ4n) is 5.89. The lowest BCUT2D eigenvalue weighted by Gasteiger charge is -2.35. The number of primary amides is 1. The summed E-state index contributed by atoms with van der Waals surface area (Å²) in [6, 6.07) is 18.5. The highest BCUT2D eigenvalue weighted by Crippen LogP contribution is 2.26. The van der Waals surface area contributed by atoms with Crippen molar-refractivity contribution in [2.24, 2.45) is 5.73 Å². The first-order valence-electron chi connectivity index (χ1n) is 15.3. The number of amides is 3. The molecule has 0 aliphatic rings. The first-order chi connectivity index (χ1) is 22.9. The summed E-state index contributed by atoms with van der Waals surface area (Å²) in [5, 5.41) is 4.49. The van der Waals surface area contributed by atoms with Gasteiger partial charge in [0.1, 0.15) is 12.1 Å². The van der Waals surface area contributed by atoms with E-state index in [-0.39, 0.29) is 12.8 Å². The summed E-state index contributed by atoms with van der Waals surface area (Å²) in [6.07, 6.45) is 4.07. The van der Waals surface area contributed by atoms with Crippen LogP contribution in [0.1, 0.15) is 32.6 Å². The van der Waals surface area contributed by atoms with Crippen LogP contribution in [0.3, 0.4) is 0 Å². The van der Waals surface area contributed by atoms with Gasteiger partial charge in [0.2, 0.25) is 15.9 Å². The van der Waals surface area contributed by atoms with E-state index in [0.717, 1.165) is 33.7 Å². The molecule has 48 heavy (non-hydrogen) atoms. The molecular formula is C36H37N5O6S. The van der Waals surface area contributed by atoms with Gasteiger partial charge in [0.15, 0.2) is 5.76 Å². The summed E-state index contributed by atoms with van der Waals surface area (Å²) in [7, 11) is -3.04. The van der Waals surface area contributed by atoms with Crippen molar-refractivity contribution in [2.45, 2.75) is 38.8 Å². The minimum Gasteiger partial charge on any atom is -0.368 e. The second-order valence-corrected chi connectivity index (χ2v) is 13.7. The van der Waals surface area contributed by atoms with Gasteiger partial charge in [0, 0.05) is 54.2 Å². The number of sulfonamides is 1. The van der Waals surface area contributed by atoms with Crippen molar-refractivity contribution >= 4 is 38.6 Å². The third kappa shape index (κ3) is 7.23. The van der Waals surface area contributed by atoms with Crippen LogP contribution in [-0.2, 0) is 32.5 Å². The summed E-state index contributed by atoms with van der Waals surface area (Å²) in [6.45, 7) is 7.27. The smallest absolute Gasteiger partial charge is 0.259 e. The molecule has 0 saturated heterocycles. The number of fused-ring (bicyclic) bond motifs is 1. The van der Waals surface area contributed by atoms with Crippen molar-refractivity contribution in [3.8, 4) is 11.3 Å². The molecule has 2 aromatic heterocycles. The Balaban J connectivity index is 1.59. The van der Waals surface area contributed by atoms with Crippen molar-refractivity contribution in [1.29, 1.82) is 0 Å². The summed E-state index contributed by atoms with van der Waals surface area (Å²) in [5.74, 6) is -2.57. The Labute approximate surface area is 279 Å². The standard InChI is InChI=1S/C36H37N5O6S/c1-5-16-48(45,46)41(31(34(37)42)21-28-22-38-30-9-7-6-8-29(28)30)36(44)32(40(4)35(43)27-18-23(2)17-24(3)19-27)20-25-10-12-26(13-11-25)33-14-15-39-47-33/h5-15,17-19,22,31-32,38H,1,16,20-21H2,2-4H3,(H2,37,42)/t31-,32-/m0/s1. The van der Waals surface area contributed by atoms with Gasteiger partial charge >= 0.3 is 0 Å². The lowest BCUT2D eigenvalue weighted by molar-refractivity contribution is -0.137. The summed E-state index contributed by atoms with van der Waals surface area (Å²) in [4.78, 5) is 46.2. The molecule has 0 bridgehead atoms. The zero-order valence-electron chi connectivity index (χ0n) is 26.9. The molecule has 0 radical (unpaired) electrons. The molecule has 248 valence electrons. The van der Waals surface area contributed by atoms with Crippen molar-refractivity contribution < 1.29 is 27.3 Å². The molecule has 3 amide bonds. The first kappa shape index (κ1) is 33.9. The van der Waals surface area contributed by atoms with Gasteiger partial charge in [-0.25, -0.2) is 12.7 Å². The monoisotopic (exact) mass is 667 g/mol. The minimum absolute atomic E-state index is 0.0682. The van der Waals surface area contributed by atoms with Gasteiger partial charge in [0.05, 0.1) is 11.9 Å². The van der Waals surface area contributed by atoms with Crippen LogP contribution >= 0.6 is 0 Å². The van der Waals surface area contributed by atoms with E-state index in [1.54, 1.807) is 48.7 Å². The second kappa shape index (κ2) is 14.1. The molecule has 0 spiro atoms. The van der Waals surface area contributed by atoms with E-state index in [4.69, 9.17) is 10.3 Å². The molecule has 0 aliphatic carbocycles. The van der Waals surface area contributed by atoms with Gasteiger partial charge in [-0.05, 0) is 43.2 Å². The second-order valence-electron chi connectivity index (χ2n) is 11.8. The number of likely N-dealkylation sites (N-methyl/N-ethyl adjacent to an activating group) is 1. The number of para-hydroxylation sites is 1. The van der Waals surface area contributed by atoms with Gasteiger partial charge in [-0.15, -0.1) is 6.58 Å². The first-order valence-corrected chi connectivity index (χ1v) is 16.9. The summed E-state index contributed by atoms with van der Waals surface area (Å²) < 4.78 is 33.6. The van der Waals surface area contributed by atoms with Crippen LogP contribution in [0.5, 0.6) is 0 Å². The van der Waals surface area contributed by atoms with E-state index >= 15 is 0 Å². The number of hydrogen-bond acceptors (Lipinski definition) is 7. The number of rotatable bonds is 13. The van der Waals surface area contributed by atoms with Crippen LogP contribution in [0.2, 0.25) is 0 Å². The number of benzene rings is 3. The quantitative estimate of drug-likeness (QED) is 0.174. The van der Waals surface area contributed by atoms with Crippen molar-refractivity contribution in [2.75, 3.05) is 12.8 Å². The number of hydrogen-bond donors (Lipinski definition) is 2. The van der Waals surface area contributed by atoms with E-state index in [0.29, 0.717) is 26.8 Å². The average molecular weight is 668 g/mol. The van der Waals surface area contributed by atoms with E-state index in [1.165, 1.54) is 18.1 Å². The number of aromatic amines is 1. The van der Waals surface area contributed by atoms with E-state index < -0.39 is 45.6 Å². The maximum atomic E-state index is 14.8. The summed E-state index contributed by atoms with van der Waals surface area (Å²) in [5.41, 5.74) is 10.6. The predicted octanol–water partition coefficient (Wildman–Crippen LogP) is 4.56. The number of nitrogens with one attached hydrogen (secondary N) is 1. The fraction of sp³-hybridized carbons (Fsp3) is 0.222. The Kier molecular flexibility index (Phi) is 9.95. The molecule has 0 unspecified atom stereocenters. The van der Waals surface area contributed by atoms with Gasteiger partial charge in [-0.3, -0.25) is 14.4 Å². The normalized spacial score (nSPS) is 12.7. The number of aryl methyl sites for hydroxylation is 2. The molecule has 0 aliphatic heterocycles. The lowest BCUT2D eigenvalue weighted by atomic mass is 9.99. The number of H-pyrrole nitrogens is 1. The van der Waals surface area contributed by atoms with Gasteiger partial charge in [-0.2, -0.15) is 0 Å². The molecule has 5 rings (SSSR count). The van der Waals surface area contributed by atoms with E-state index in [9.17, 15) is 22.8 Å². The Morgan fingerprint density at radius 1 is 0.979 bits per heavy atom. The van der Waals surface area contributed by atoms with Crippen LogP contribution in [-0.4, -0.2) is 70.4 Å². The van der Waals surface area contributed by atoms with Gasteiger partial charge in [0.25, 0.3) is 11.8 Å². The van der Waals surface area contributed by atoms with Crippen molar-refractivity contribution in [3.05, 3.63) is 126 Å². The Hall–Kier alpha value is -5.49. The van der Waals surface area contributed by atoms with Crippen LogP contribution in [0, 0.1) is 13.8 Å². The maximum absolute atomic E-state index is 14.8. The zero-order valence-corrected chi connectivity index (χ0v) is 27.7. The maximum Gasteiger partial charge on any atom is 0.259 e. The van der Waals surface area contributed by atoms with Crippen LogP contribution in [0.4, 0.5) is 0 Å². The average Bonchev–Trinajstić information content (AvgIpc) is 3.73. The fourth-order valence-corrected chi connectivity index (χ4v) is 7.32. The van der Waals surface area contributed by atoms with Gasteiger partial charge in [-0.1, -0.05) is 70.9 Å². The SMILES string of the molecule is C=CCS(=O)(=O)N(C(=O)[C@H](Cc1ccc(-c2ccno2)cc1)N(C)C(=O)c1cc(C)cc(C)c1)[C@@H](Cc1c[nH]c2ccccc12)C(N)=O. The van der Waals surface area contributed by atoms with Crippen molar-refractivity contribution in [3.63, 3.8) is 0 Å². The van der Waals surface area contributed by atoms with E-state index in [2.05, 4.69) is 16.7 Å². The molecule has 3 aromatic carbocycles. The number of nitrogens with zero attached hydrogens (tertiary/aromatic N) is 3. The number of carbonyl (C=O) groups is 3. The largest absolute Gasteiger partial charge is 0.368 e. The molecule has 2 heterocycles. The summed E-state index contributed by atoms with van der Waals surface area (Å²) >= 11 is 0. The van der Waals surface area contributed by atoms with E-state index in [1.807, 2.05) is 44.2 Å². The highest BCUT2D eigenvalue weighted by molar-refractivity contribution is 7.89. The van der Waals surface area contributed by atoms with Crippen LogP contribution in [0.25, 0.3) is 22.2 Å². The lowest BCUT2D eigenvalue weighted by Crippen LogP contribution is -2.59. The minimum atomic E-state index is -4.49. The Morgan fingerprint density at radius 2 is 1.67 bits per heavy atom. The third-order valence-corrected chi connectivity index (χ3v) is 9.88. The molecule has 12 heteroatoms. The Bertz CT molecular complexity index is 2050. The number of aromatic nitrogens is 2. The highest BCUT2D eigenvalue weighted by Gasteiger charge is 2.43. The molecular weight excluding hydrogens is 630 g/mol.